The molecule has 1 aliphatic heterocycles. The zero-order valence-electron chi connectivity index (χ0n) is 16.3. The highest BCUT2D eigenvalue weighted by Crippen LogP contribution is 2.43. The van der Waals surface area contributed by atoms with E-state index in [1.807, 2.05) is 30.3 Å². The molecule has 0 bridgehead atoms. The Morgan fingerprint density at radius 3 is 2.65 bits per heavy atom. The molecule has 31 heavy (non-hydrogen) atoms. The minimum absolute atomic E-state index is 0.0725. The molecule has 152 valence electrons. The summed E-state index contributed by atoms with van der Waals surface area (Å²) < 4.78 is 24.8. The number of hydrogen-bond donors (Lipinski definition) is 1. The molecule has 5 nitrogen and oxygen atoms in total. The van der Waals surface area contributed by atoms with E-state index in [1.54, 1.807) is 30.3 Å². The topological polar surface area (TPSA) is 85.3 Å². The molecule has 3 aromatic rings. The van der Waals surface area contributed by atoms with E-state index >= 15 is 0 Å². The van der Waals surface area contributed by atoms with Crippen molar-refractivity contribution in [1.82, 2.24) is 0 Å². The van der Waals surface area contributed by atoms with Crippen LogP contribution in [0.2, 0.25) is 0 Å². The third kappa shape index (κ3) is 4.31. The molecule has 1 atom stereocenters. The predicted molar refractivity (Wildman–Crippen MR) is 113 cm³/mol. The van der Waals surface area contributed by atoms with Crippen molar-refractivity contribution in [2.45, 2.75) is 5.92 Å². The van der Waals surface area contributed by atoms with Gasteiger partial charge in [-0.15, -0.1) is 0 Å². The largest absolute Gasteiger partial charge is 0.440 e. The monoisotopic (exact) mass is 412 g/mol. The van der Waals surface area contributed by atoms with E-state index < -0.39 is 17.7 Å². The lowest BCUT2D eigenvalue weighted by Crippen LogP contribution is -2.21. The fourth-order valence-electron chi connectivity index (χ4n) is 3.41. The van der Waals surface area contributed by atoms with Crippen molar-refractivity contribution in [2.75, 3.05) is 0 Å². The summed E-state index contributed by atoms with van der Waals surface area (Å²) in [6.07, 6.45) is 2.98. The lowest BCUT2D eigenvalue weighted by atomic mass is 9.83. The molecule has 0 radical (unpaired) electrons. The molecular formula is C25H17FN2O3. The van der Waals surface area contributed by atoms with Crippen LogP contribution >= 0.6 is 0 Å². The molecule has 3 aromatic carbocycles. The van der Waals surface area contributed by atoms with Gasteiger partial charge in [-0.05, 0) is 35.4 Å². The van der Waals surface area contributed by atoms with Gasteiger partial charge in [0, 0.05) is 17.7 Å². The van der Waals surface area contributed by atoms with Crippen LogP contribution < -0.4 is 15.2 Å². The van der Waals surface area contributed by atoms with Crippen molar-refractivity contribution in [3.8, 4) is 17.6 Å². The van der Waals surface area contributed by atoms with Crippen LogP contribution in [0.3, 0.4) is 0 Å². The first-order valence-corrected chi connectivity index (χ1v) is 9.47. The summed E-state index contributed by atoms with van der Waals surface area (Å²) in [5.41, 5.74) is 8.20. The van der Waals surface area contributed by atoms with E-state index in [2.05, 4.69) is 6.07 Å². The van der Waals surface area contributed by atoms with Crippen LogP contribution in [-0.4, -0.2) is 5.97 Å². The Kier molecular flexibility index (Phi) is 5.50. The van der Waals surface area contributed by atoms with Crippen molar-refractivity contribution in [3.63, 3.8) is 0 Å². The lowest BCUT2D eigenvalue weighted by Gasteiger charge is -2.26. The van der Waals surface area contributed by atoms with Crippen molar-refractivity contribution in [2.24, 2.45) is 5.73 Å². The molecule has 0 saturated carbocycles. The Labute approximate surface area is 178 Å². The number of nitriles is 1. The first-order chi connectivity index (χ1) is 15.0. The molecule has 0 amide bonds. The van der Waals surface area contributed by atoms with E-state index in [0.717, 1.165) is 5.56 Å². The van der Waals surface area contributed by atoms with Gasteiger partial charge >= 0.3 is 5.97 Å². The maximum Gasteiger partial charge on any atom is 0.336 e. The van der Waals surface area contributed by atoms with Crippen LogP contribution in [0.5, 0.6) is 11.5 Å². The van der Waals surface area contributed by atoms with Gasteiger partial charge in [0.1, 0.15) is 29.0 Å². The smallest absolute Gasteiger partial charge is 0.336 e. The first kappa shape index (κ1) is 19.9. The first-order valence-electron chi connectivity index (χ1n) is 9.47. The van der Waals surface area contributed by atoms with Gasteiger partial charge in [0.25, 0.3) is 0 Å². The van der Waals surface area contributed by atoms with Crippen molar-refractivity contribution < 1.29 is 18.7 Å². The molecule has 1 unspecified atom stereocenters. The molecule has 0 aliphatic carbocycles. The SMILES string of the molecule is N#CC1=C(N)Oc2cc(OC(=O)/C=C/c3ccccc3)ccc2C1c1cccc(F)c1. The molecule has 0 saturated heterocycles. The summed E-state index contributed by atoms with van der Waals surface area (Å²) in [7, 11) is 0. The van der Waals surface area contributed by atoms with E-state index in [9.17, 15) is 14.4 Å². The maximum absolute atomic E-state index is 13.8. The maximum atomic E-state index is 13.8. The fraction of sp³-hybridized carbons (Fsp3) is 0.0400. The molecular weight excluding hydrogens is 395 g/mol. The number of nitrogens with zero attached hydrogens (tertiary/aromatic N) is 1. The second kappa shape index (κ2) is 8.56. The summed E-state index contributed by atoms with van der Waals surface area (Å²) >= 11 is 0. The number of fused-ring (bicyclic) bond motifs is 1. The number of halogens is 1. The van der Waals surface area contributed by atoms with Gasteiger partial charge < -0.3 is 15.2 Å². The number of nitrogens with two attached hydrogens (primary N) is 1. The summed E-state index contributed by atoms with van der Waals surface area (Å²) in [5.74, 6) is -1.04. The van der Waals surface area contributed by atoms with Crippen molar-refractivity contribution in [3.05, 3.63) is 113 Å². The summed E-state index contributed by atoms with van der Waals surface area (Å²) in [4.78, 5) is 12.2. The van der Waals surface area contributed by atoms with Gasteiger partial charge in [-0.25, -0.2) is 9.18 Å². The minimum Gasteiger partial charge on any atom is -0.440 e. The number of carbonyl (C=O) groups is 1. The number of ether oxygens (including phenoxy) is 2. The van der Waals surface area contributed by atoms with Gasteiger partial charge in [-0.3, -0.25) is 0 Å². The number of esters is 1. The molecule has 0 fully saturated rings. The van der Waals surface area contributed by atoms with Crippen LogP contribution in [0.1, 0.15) is 22.6 Å². The van der Waals surface area contributed by atoms with Crippen LogP contribution in [0.15, 0.2) is 90.3 Å². The van der Waals surface area contributed by atoms with Crippen LogP contribution in [-0.2, 0) is 4.79 Å². The average molecular weight is 412 g/mol. The van der Waals surface area contributed by atoms with Crippen molar-refractivity contribution in [1.29, 1.82) is 5.26 Å². The third-order valence-corrected chi connectivity index (χ3v) is 4.80. The van der Waals surface area contributed by atoms with Gasteiger partial charge in [0.05, 0.1) is 5.92 Å². The fourth-order valence-corrected chi connectivity index (χ4v) is 3.41. The molecule has 1 aliphatic rings. The normalized spacial score (nSPS) is 15.2. The summed E-state index contributed by atoms with van der Waals surface area (Å²) in [5, 5.41) is 9.58. The highest BCUT2D eigenvalue weighted by Gasteiger charge is 2.31. The summed E-state index contributed by atoms with van der Waals surface area (Å²) in [6.45, 7) is 0. The highest BCUT2D eigenvalue weighted by atomic mass is 19.1. The molecule has 6 heteroatoms. The van der Waals surface area contributed by atoms with Gasteiger partial charge in [-0.1, -0.05) is 48.5 Å². The molecule has 4 rings (SSSR count). The third-order valence-electron chi connectivity index (χ3n) is 4.80. The minimum atomic E-state index is -0.591. The van der Waals surface area contributed by atoms with Crippen molar-refractivity contribution >= 4 is 12.0 Å². The Bertz CT molecular complexity index is 1240. The van der Waals surface area contributed by atoms with Gasteiger partial charge in [0.2, 0.25) is 5.88 Å². The van der Waals surface area contributed by atoms with E-state index in [-0.39, 0.29) is 17.2 Å². The Balaban J connectivity index is 1.62. The Hall–Kier alpha value is -4.37. The van der Waals surface area contributed by atoms with Crippen LogP contribution in [0, 0.1) is 17.1 Å². The second-order valence-electron chi connectivity index (χ2n) is 6.84. The predicted octanol–water partition coefficient (Wildman–Crippen LogP) is 4.66. The zero-order chi connectivity index (χ0) is 21.8. The molecule has 1 heterocycles. The standard InChI is InChI=1S/C25H17FN2O3/c26-18-8-4-7-17(13-18)24-20-11-10-19(14-22(20)31-25(28)21(24)15-27)30-23(29)12-9-16-5-2-1-3-6-16/h1-14,24H,28H2/b12-9+. The second-order valence-corrected chi connectivity index (χ2v) is 6.84. The van der Waals surface area contributed by atoms with Gasteiger partial charge in [-0.2, -0.15) is 5.26 Å². The highest BCUT2D eigenvalue weighted by molar-refractivity contribution is 5.88. The molecule has 0 aromatic heterocycles. The zero-order valence-corrected chi connectivity index (χ0v) is 16.3. The van der Waals surface area contributed by atoms with E-state index in [0.29, 0.717) is 16.9 Å². The average Bonchev–Trinajstić information content (AvgIpc) is 2.77. The van der Waals surface area contributed by atoms with E-state index in [1.165, 1.54) is 24.3 Å². The molecule has 0 spiro atoms. The van der Waals surface area contributed by atoms with Crippen LogP contribution in [0.4, 0.5) is 4.39 Å². The number of allylic oxidation sites excluding steroid dienone is 1. The van der Waals surface area contributed by atoms with Gasteiger partial charge in [0.15, 0.2) is 0 Å². The number of rotatable bonds is 4. The number of carbonyl (C=O) groups excluding carboxylic acids is 1. The van der Waals surface area contributed by atoms with Crippen LogP contribution in [0.25, 0.3) is 6.08 Å². The number of benzene rings is 3. The lowest BCUT2D eigenvalue weighted by molar-refractivity contribution is -0.128. The van der Waals surface area contributed by atoms with E-state index in [4.69, 9.17) is 15.2 Å². The summed E-state index contributed by atoms with van der Waals surface area (Å²) in [6, 6.07) is 22.2. The Morgan fingerprint density at radius 2 is 1.90 bits per heavy atom. The quantitative estimate of drug-likeness (QED) is 0.383. The Morgan fingerprint density at radius 1 is 1.10 bits per heavy atom. The number of hydrogen-bond acceptors (Lipinski definition) is 5. The molecule has 2 N–H and O–H groups in total.